The van der Waals surface area contributed by atoms with Crippen molar-refractivity contribution in [3.05, 3.63) is 47.5 Å². The summed E-state index contributed by atoms with van der Waals surface area (Å²) < 4.78 is 5.43. The molecule has 0 aromatic heterocycles. The van der Waals surface area contributed by atoms with Crippen molar-refractivity contribution < 1.29 is 24.2 Å². The lowest BCUT2D eigenvalue weighted by Gasteiger charge is -2.44. The zero-order valence-corrected chi connectivity index (χ0v) is 18.3. The molecule has 4 atom stereocenters. The van der Waals surface area contributed by atoms with Crippen LogP contribution < -0.4 is 16.4 Å². The van der Waals surface area contributed by atoms with E-state index in [1.165, 1.54) is 6.92 Å². The van der Waals surface area contributed by atoms with Crippen molar-refractivity contribution in [2.24, 2.45) is 11.7 Å². The Labute approximate surface area is 188 Å². The third kappa shape index (κ3) is 6.54. The summed E-state index contributed by atoms with van der Waals surface area (Å²) in [5.74, 6) is -1.07. The Morgan fingerprint density at radius 1 is 1.25 bits per heavy atom. The van der Waals surface area contributed by atoms with Gasteiger partial charge in [-0.2, -0.15) is 0 Å². The minimum atomic E-state index is -0.987. The Kier molecular flexibility index (Phi) is 8.24. The van der Waals surface area contributed by atoms with Crippen LogP contribution in [0.3, 0.4) is 0 Å². The van der Waals surface area contributed by atoms with E-state index >= 15 is 0 Å². The summed E-state index contributed by atoms with van der Waals surface area (Å²) in [5, 5.41) is 15.1. The Bertz CT molecular complexity index is 844. The summed E-state index contributed by atoms with van der Waals surface area (Å²) in [6.07, 6.45) is 3.24. The van der Waals surface area contributed by atoms with Crippen molar-refractivity contribution in [3.8, 4) is 0 Å². The van der Waals surface area contributed by atoms with E-state index in [9.17, 15) is 19.5 Å². The lowest BCUT2D eigenvalue weighted by molar-refractivity contribution is -0.133. The van der Waals surface area contributed by atoms with Crippen molar-refractivity contribution in [1.82, 2.24) is 15.5 Å². The van der Waals surface area contributed by atoms with Crippen LogP contribution in [0.5, 0.6) is 0 Å². The topological polar surface area (TPSA) is 134 Å². The predicted octanol–water partition coefficient (Wildman–Crippen LogP) is 1.24. The van der Waals surface area contributed by atoms with Crippen LogP contribution in [0.2, 0.25) is 0 Å². The summed E-state index contributed by atoms with van der Waals surface area (Å²) in [6, 6.07) is 8.43. The largest absolute Gasteiger partial charge is 0.478 e. The number of ether oxygens (including phenoxy) is 1. The number of nitrogens with one attached hydrogen (secondary N) is 2. The Balaban J connectivity index is 1.58. The van der Waals surface area contributed by atoms with Gasteiger partial charge in [0.1, 0.15) is 0 Å². The van der Waals surface area contributed by atoms with Crippen LogP contribution in [0.1, 0.15) is 31.7 Å². The number of carbonyl (C=O) groups excluding carboxylic acids is 2. The smallest absolute Gasteiger partial charge is 0.407 e. The standard InChI is InChI=1S/C23H32N4O5/c1-15(28)26-21-19(24)10-18(22(29)30)11-20(21)27-9-5-8-17(13-27)14-32-23(31)25-12-16-6-3-2-4-7-16/h2-4,6-7,11,17,19-21H,5,8-10,12-14,24H2,1H3,(H,25,31)(H,26,28)(H,29,30)/t17-,19-,20+,21+/m0/s1. The molecule has 1 fully saturated rings. The van der Waals surface area contributed by atoms with Crippen molar-refractivity contribution in [3.63, 3.8) is 0 Å². The first kappa shape index (κ1) is 23.7. The van der Waals surface area contributed by atoms with Crippen molar-refractivity contribution in [2.45, 2.75) is 50.9 Å². The highest BCUT2D eigenvalue weighted by Crippen LogP contribution is 2.27. The molecular formula is C23H32N4O5. The van der Waals surface area contributed by atoms with Gasteiger partial charge in [-0.15, -0.1) is 0 Å². The van der Waals surface area contributed by atoms with Crippen LogP contribution in [0.15, 0.2) is 42.0 Å². The van der Waals surface area contributed by atoms with Gasteiger partial charge in [0.25, 0.3) is 0 Å². The van der Waals surface area contributed by atoms with Gasteiger partial charge in [-0.3, -0.25) is 9.69 Å². The number of piperidine rings is 1. The predicted molar refractivity (Wildman–Crippen MR) is 119 cm³/mol. The fraction of sp³-hybridized carbons (Fsp3) is 0.522. The van der Waals surface area contributed by atoms with E-state index in [2.05, 4.69) is 15.5 Å². The van der Waals surface area contributed by atoms with Gasteiger partial charge in [0.15, 0.2) is 0 Å². The van der Waals surface area contributed by atoms with Crippen molar-refractivity contribution >= 4 is 18.0 Å². The van der Waals surface area contributed by atoms with E-state index < -0.39 is 18.1 Å². The fourth-order valence-electron chi connectivity index (χ4n) is 4.45. The number of carboxylic acids is 1. The molecule has 0 saturated carbocycles. The summed E-state index contributed by atoms with van der Waals surface area (Å²) in [5.41, 5.74) is 7.50. The van der Waals surface area contributed by atoms with E-state index in [0.717, 1.165) is 24.9 Å². The maximum absolute atomic E-state index is 12.1. The highest BCUT2D eigenvalue weighted by atomic mass is 16.5. The number of hydrogen-bond donors (Lipinski definition) is 4. The lowest BCUT2D eigenvalue weighted by atomic mass is 9.84. The number of aliphatic carboxylic acids is 1. The second kappa shape index (κ2) is 11.1. The van der Waals surface area contributed by atoms with E-state index in [-0.39, 0.29) is 42.5 Å². The first-order valence-corrected chi connectivity index (χ1v) is 11.0. The highest BCUT2D eigenvalue weighted by molar-refractivity contribution is 5.87. The second-order valence-corrected chi connectivity index (χ2v) is 8.52. The molecule has 3 rings (SSSR count). The number of rotatable bonds is 7. The molecule has 0 bridgehead atoms. The molecular weight excluding hydrogens is 412 g/mol. The number of carboxylic acid groups (broad SMARTS) is 1. The van der Waals surface area contributed by atoms with Gasteiger partial charge in [0, 0.05) is 37.5 Å². The van der Waals surface area contributed by atoms with Crippen LogP contribution in [-0.2, 0) is 20.9 Å². The molecule has 2 aliphatic rings. The van der Waals surface area contributed by atoms with Crippen molar-refractivity contribution in [1.29, 1.82) is 0 Å². The normalized spacial score (nSPS) is 26.0. The Morgan fingerprint density at radius 2 is 2.00 bits per heavy atom. The highest BCUT2D eigenvalue weighted by Gasteiger charge is 2.38. The average molecular weight is 445 g/mol. The minimum Gasteiger partial charge on any atom is -0.478 e. The molecule has 1 heterocycles. The number of benzene rings is 1. The van der Waals surface area contributed by atoms with Gasteiger partial charge >= 0.3 is 12.1 Å². The molecule has 32 heavy (non-hydrogen) atoms. The van der Waals surface area contributed by atoms with Gasteiger partial charge in [-0.25, -0.2) is 9.59 Å². The number of carbonyl (C=O) groups is 3. The third-order valence-electron chi connectivity index (χ3n) is 6.00. The molecule has 0 unspecified atom stereocenters. The van der Waals surface area contributed by atoms with E-state index in [1.807, 2.05) is 30.3 Å². The van der Waals surface area contributed by atoms with Crippen LogP contribution in [0.4, 0.5) is 4.79 Å². The number of likely N-dealkylation sites (tertiary alicyclic amines) is 1. The molecule has 5 N–H and O–H groups in total. The number of hydrogen-bond acceptors (Lipinski definition) is 6. The Morgan fingerprint density at radius 3 is 2.69 bits per heavy atom. The number of nitrogens with zero attached hydrogens (tertiary/aromatic N) is 1. The van der Waals surface area contributed by atoms with Crippen LogP contribution in [-0.4, -0.2) is 65.8 Å². The van der Waals surface area contributed by atoms with Crippen LogP contribution in [0.25, 0.3) is 0 Å². The monoisotopic (exact) mass is 444 g/mol. The van der Waals surface area contributed by atoms with Crippen molar-refractivity contribution in [2.75, 3.05) is 19.7 Å². The summed E-state index contributed by atoms with van der Waals surface area (Å²) in [4.78, 5) is 37.5. The fourth-order valence-corrected chi connectivity index (χ4v) is 4.45. The molecule has 9 nitrogen and oxygen atoms in total. The van der Waals surface area contributed by atoms with E-state index in [1.54, 1.807) is 6.08 Å². The molecule has 1 aliphatic heterocycles. The molecule has 174 valence electrons. The summed E-state index contributed by atoms with van der Waals surface area (Å²) >= 11 is 0. The van der Waals surface area contributed by atoms with Gasteiger partial charge in [0.05, 0.1) is 18.7 Å². The second-order valence-electron chi connectivity index (χ2n) is 8.52. The zero-order valence-electron chi connectivity index (χ0n) is 18.3. The molecule has 1 saturated heterocycles. The molecule has 0 radical (unpaired) electrons. The van der Waals surface area contributed by atoms with Gasteiger partial charge < -0.3 is 26.2 Å². The minimum absolute atomic E-state index is 0.115. The molecule has 1 aromatic carbocycles. The summed E-state index contributed by atoms with van der Waals surface area (Å²) in [6.45, 7) is 3.49. The molecule has 1 aromatic rings. The molecule has 9 heteroatoms. The van der Waals surface area contributed by atoms with E-state index in [4.69, 9.17) is 10.5 Å². The number of nitrogens with two attached hydrogens (primary N) is 1. The lowest BCUT2D eigenvalue weighted by Crippen LogP contribution is -2.62. The summed E-state index contributed by atoms with van der Waals surface area (Å²) in [7, 11) is 0. The van der Waals surface area contributed by atoms with E-state index in [0.29, 0.717) is 13.1 Å². The molecule has 1 aliphatic carbocycles. The maximum Gasteiger partial charge on any atom is 0.407 e. The average Bonchev–Trinajstić information content (AvgIpc) is 2.78. The zero-order chi connectivity index (χ0) is 23.1. The first-order valence-electron chi connectivity index (χ1n) is 11.0. The quantitative estimate of drug-likeness (QED) is 0.497. The van der Waals surface area contributed by atoms with Crippen LogP contribution in [0, 0.1) is 5.92 Å². The maximum atomic E-state index is 12.1. The number of amides is 2. The van der Waals surface area contributed by atoms with Gasteiger partial charge in [-0.1, -0.05) is 36.4 Å². The third-order valence-corrected chi connectivity index (χ3v) is 6.00. The van der Waals surface area contributed by atoms with Crippen LogP contribution >= 0.6 is 0 Å². The molecule has 0 spiro atoms. The van der Waals surface area contributed by atoms with Gasteiger partial charge in [-0.05, 0) is 31.4 Å². The van der Waals surface area contributed by atoms with Gasteiger partial charge in [0.2, 0.25) is 5.91 Å². The number of alkyl carbamates (subject to hydrolysis) is 1. The SMILES string of the molecule is CC(=O)N[C@H]1[C@H](N2CCC[C@H](COC(=O)NCc3ccccc3)C2)C=C(C(=O)O)C[C@@H]1N. The Hall–Kier alpha value is -2.91. The first-order chi connectivity index (χ1) is 15.3. The molecule has 2 amide bonds.